The lowest BCUT2D eigenvalue weighted by atomic mass is 10.2. The van der Waals surface area contributed by atoms with Crippen LogP contribution in [0.1, 0.15) is 22.5 Å². The zero-order valence-electron chi connectivity index (χ0n) is 10.4. The number of nitrogens with two attached hydrogens (primary N) is 1. The fourth-order valence-electron chi connectivity index (χ4n) is 2.02. The predicted octanol–water partition coefficient (Wildman–Crippen LogP) is 2.80. The first-order valence-electron chi connectivity index (χ1n) is 5.70. The summed E-state index contributed by atoms with van der Waals surface area (Å²) in [5, 5.41) is 4.55. The SMILES string of the molecule is Cc1nn(Cc2cccc(F)c2Cl)c(C)c1CN. The van der Waals surface area contributed by atoms with E-state index in [1.165, 1.54) is 6.07 Å². The first kappa shape index (κ1) is 13.1. The molecular formula is C13H15ClFN3. The largest absolute Gasteiger partial charge is 0.326 e. The van der Waals surface area contributed by atoms with Crippen molar-refractivity contribution in [2.75, 3.05) is 0 Å². The van der Waals surface area contributed by atoms with Crippen molar-refractivity contribution in [1.29, 1.82) is 0 Å². The molecule has 0 spiro atoms. The molecule has 1 aromatic heterocycles. The van der Waals surface area contributed by atoms with Crippen molar-refractivity contribution in [2.24, 2.45) is 5.73 Å². The van der Waals surface area contributed by atoms with E-state index in [1.807, 2.05) is 13.8 Å². The van der Waals surface area contributed by atoms with Crippen molar-refractivity contribution >= 4 is 11.6 Å². The molecule has 3 nitrogen and oxygen atoms in total. The molecule has 0 aliphatic carbocycles. The quantitative estimate of drug-likeness (QED) is 0.929. The standard InChI is InChI=1S/C13H15ClFN3/c1-8-11(6-16)9(2)18(17-8)7-10-4-3-5-12(15)13(10)14/h3-5H,6-7,16H2,1-2H3. The van der Waals surface area contributed by atoms with Gasteiger partial charge >= 0.3 is 0 Å². The Morgan fingerprint density at radius 2 is 2.11 bits per heavy atom. The van der Waals surface area contributed by atoms with Crippen LogP contribution < -0.4 is 5.73 Å². The van der Waals surface area contributed by atoms with Gasteiger partial charge in [0.05, 0.1) is 17.3 Å². The van der Waals surface area contributed by atoms with Gasteiger partial charge in [0.2, 0.25) is 0 Å². The van der Waals surface area contributed by atoms with Gasteiger partial charge in [0, 0.05) is 17.8 Å². The fourth-order valence-corrected chi connectivity index (χ4v) is 2.20. The lowest BCUT2D eigenvalue weighted by molar-refractivity contribution is 0.616. The van der Waals surface area contributed by atoms with Crippen LogP contribution in [0.4, 0.5) is 4.39 Å². The minimum Gasteiger partial charge on any atom is -0.326 e. The predicted molar refractivity (Wildman–Crippen MR) is 70.1 cm³/mol. The second kappa shape index (κ2) is 5.08. The summed E-state index contributed by atoms with van der Waals surface area (Å²) >= 11 is 5.94. The molecule has 0 radical (unpaired) electrons. The van der Waals surface area contributed by atoms with E-state index in [1.54, 1.807) is 16.8 Å². The van der Waals surface area contributed by atoms with Crippen molar-refractivity contribution < 1.29 is 4.39 Å². The number of aryl methyl sites for hydroxylation is 1. The molecule has 5 heteroatoms. The Bertz CT molecular complexity index is 578. The third-order valence-corrected chi connectivity index (χ3v) is 3.51. The first-order chi connectivity index (χ1) is 8.54. The van der Waals surface area contributed by atoms with Gasteiger partial charge in [-0.25, -0.2) is 4.39 Å². The van der Waals surface area contributed by atoms with Crippen LogP contribution >= 0.6 is 11.6 Å². The van der Waals surface area contributed by atoms with Crippen molar-refractivity contribution in [3.8, 4) is 0 Å². The molecule has 18 heavy (non-hydrogen) atoms. The number of aromatic nitrogens is 2. The molecule has 96 valence electrons. The third kappa shape index (κ3) is 2.26. The van der Waals surface area contributed by atoms with Crippen LogP contribution in [0.15, 0.2) is 18.2 Å². The second-order valence-corrected chi connectivity index (χ2v) is 4.60. The second-order valence-electron chi connectivity index (χ2n) is 4.22. The molecule has 0 amide bonds. The van der Waals surface area contributed by atoms with E-state index in [9.17, 15) is 4.39 Å². The molecule has 0 aliphatic rings. The molecule has 0 unspecified atom stereocenters. The highest BCUT2D eigenvalue weighted by molar-refractivity contribution is 6.31. The highest BCUT2D eigenvalue weighted by Crippen LogP contribution is 2.22. The monoisotopic (exact) mass is 267 g/mol. The molecule has 0 saturated carbocycles. The lowest BCUT2D eigenvalue weighted by Crippen LogP contribution is -2.06. The van der Waals surface area contributed by atoms with E-state index >= 15 is 0 Å². The smallest absolute Gasteiger partial charge is 0.142 e. The van der Waals surface area contributed by atoms with E-state index in [4.69, 9.17) is 17.3 Å². The van der Waals surface area contributed by atoms with Gasteiger partial charge < -0.3 is 5.73 Å². The van der Waals surface area contributed by atoms with Crippen molar-refractivity contribution in [3.63, 3.8) is 0 Å². The molecule has 0 fully saturated rings. The normalized spacial score (nSPS) is 10.9. The van der Waals surface area contributed by atoms with Crippen LogP contribution in [0.25, 0.3) is 0 Å². The first-order valence-corrected chi connectivity index (χ1v) is 6.08. The van der Waals surface area contributed by atoms with E-state index < -0.39 is 5.82 Å². The molecule has 1 aromatic carbocycles. The molecular weight excluding hydrogens is 253 g/mol. The average Bonchev–Trinajstić information content (AvgIpc) is 2.60. The number of halogens is 2. The minimum atomic E-state index is -0.408. The Hall–Kier alpha value is -1.39. The zero-order chi connectivity index (χ0) is 13.3. The Balaban J connectivity index is 2.37. The number of benzene rings is 1. The molecule has 0 atom stereocenters. The molecule has 1 heterocycles. The van der Waals surface area contributed by atoms with E-state index in [0.29, 0.717) is 18.7 Å². The highest BCUT2D eigenvalue weighted by atomic mass is 35.5. The third-order valence-electron chi connectivity index (χ3n) is 3.09. The Labute approximate surface area is 110 Å². The summed E-state index contributed by atoms with van der Waals surface area (Å²) in [5.74, 6) is -0.408. The molecule has 0 aliphatic heterocycles. The van der Waals surface area contributed by atoms with Gasteiger partial charge in [-0.3, -0.25) is 4.68 Å². The molecule has 2 rings (SSSR count). The number of nitrogens with zero attached hydrogens (tertiary/aromatic N) is 2. The van der Waals surface area contributed by atoms with Gasteiger partial charge in [0.15, 0.2) is 0 Å². The maximum Gasteiger partial charge on any atom is 0.142 e. The van der Waals surface area contributed by atoms with Crippen LogP contribution in [0.2, 0.25) is 5.02 Å². The Morgan fingerprint density at radius 3 is 2.72 bits per heavy atom. The number of rotatable bonds is 3. The summed E-state index contributed by atoms with van der Waals surface area (Å²) in [6.45, 7) is 4.77. The van der Waals surface area contributed by atoms with Crippen molar-refractivity contribution in [1.82, 2.24) is 9.78 Å². The van der Waals surface area contributed by atoms with E-state index in [-0.39, 0.29) is 5.02 Å². The summed E-state index contributed by atoms with van der Waals surface area (Å²) in [6.07, 6.45) is 0. The van der Waals surface area contributed by atoms with E-state index in [2.05, 4.69) is 5.10 Å². The van der Waals surface area contributed by atoms with Crippen LogP contribution in [-0.4, -0.2) is 9.78 Å². The highest BCUT2D eigenvalue weighted by Gasteiger charge is 2.12. The summed E-state index contributed by atoms with van der Waals surface area (Å²) in [5.41, 5.74) is 9.32. The Kier molecular flexibility index (Phi) is 3.68. The summed E-state index contributed by atoms with van der Waals surface area (Å²) in [7, 11) is 0. The van der Waals surface area contributed by atoms with Crippen LogP contribution in [0, 0.1) is 19.7 Å². The van der Waals surface area contributed by atoms with Crippen molar-refractivity contribution in [3.05, 3.63) is 51.6 Å². The summed E-state index contributed by atoms with van der Waals surface area (Å²) in [4.78, 5) is 0. The lowest BCUT2D eigenvalue weighted by Gasteiger charge is -2.07. The van der Waals surface area contributed by atoms with Crippen LogP contribution in [0.5, 0.6) is 0 Å². The summed E-state index contributed by atoms with van der Waals surface area (Å²) in [6, 6.07) is 4.79. The average molecular weight is 268 g/mol. The topological polar surface area (TPSA) is 43.8 Å². The maximum atomic E-state index is 13.4. The van der Waals surface area contributed by atoms with Gasteiger partial charge in [-0.1, -0.05) is 23.7 Å². The van der Waals surface area contributed by atoms with Gasteiger partial charge in [-0.05, 0) is 25.5 Å². The van der Waals surface area contributed by atoms with Crippen LogP contribution in [-0.2, 0) is 13.1 Å². The molecule has 2 N–H and O–H groups in total. The minimum absolute atomic E-state index is 0.152. The fraction of sp³-hybridized carbons (Fsp3) is 0.308. The van der Waals surface area contributed by atoms with Gasteiger partial charge in [0.1, 0.15) is 5.82 Å². The maximum absolute atomic E-state index is 13.4. The van der Waals surface area contributed by atoms with Crippen LogP contribution in [0.3, 0.4) is 0 Å². The number of hydrogen-bond acceptors (Lipinski definition) is 2. The molecule has 2 aromatic rings. The summed E-state index contributed by atoms with van der Waals surface area (Å²) < 4.78 is 15.2. The Morgan fingerprint density at radius 1 is 1.39 bits per heavy atom. The molecule has 0 bridgehead atoms. The van der Waals surface area contributed by atoms with Crippen molar-refractivity contribution in [2.45, 2.75) is 26.9 Å². The molecule has 0 saturated heterocycles. The zero-order valence-corrected chi connectivity index (χ0v) is 11.1. The van der Waals surface area contributed by atoms with E-state index in [0.717, 1.165) is 17.0 Å². The van der Waals surface area contributed by atoms with Gasteiger partial charge in [0.25, 0.3) is 0 Å². The number of hydrogen-bond donors (Lipinski definition) is 1. The van der Waals surface area contributed by atoms with Gasteiger partial charge in [-0.15, -0.1) is 0 Å². The van der Waals surface area contributed by atoms with Gasteiger partial charge in [-0.2, -0.15) is 5.10 Å².